The van der Waals surface area contributed by atoms with Crippen LogP contribution in [-0.2, 0) is 24.2 Å². The van der Waals surface area contributed by atoms with Crippen molar-refractivity contribution in [3.8, 4) is 5.75 Å². The first-order valence-electron chi connectivity index (χ1n) is 8.64. The van der Waals surface area contributed by atoms with Gasteiger partial charge in [-0.05, 0) is 24.1 Å². The van der Waals surface area contributed by atoms with E-state index in [0.717, 1.165) is 43.0 Å². The molecule has 0 bridgehead atoms. The molecule has 7 heteroatoms. The van der Waals surface area contributed by atoms with Gasteiger partial charge >= 0.3 is 0 Å². The van der Waals surface area contributed by atoms with Crippen LogP contribution in [0.25, 0.3) is 0 Å². The van der Waals surface area contributed by atoms with E-state index in [0.29, 0.717) is 32.1 Å². The second kappa shape index (κ2) is 6.85. The van der Waals surface area contributed by atoms with Gasteiger partial charge in [-0.15, -0.1) is 0 Å². The lowest BCUT2D eigenvalue weighted by molar-refractivity contribution is 0.122. The first kappa shape index (κ1) is 16.1. The van der Waals surface area contributed by atoms with Gasteiger partial charge in [0.25, 0.3) is 5.56 Å². The highest BCUT2D eigenvalue weighted by Gasteiger charge is 2.23. The number of nitrogens with one attached hydrogen (secondary N) is 1. The number of nitrogens with zero attached hydrogens (tertiary/aromatic N) is 3. The summed E-state index contributed by atoms with van der Waals surface area (Å²) in [4.78, 5) is 24.5. The summed E-state index contributed by atoms with van der Waals surface area (Å²) in [7, 11) is 0. The fourth-order valence-electron chi connectivity index (χ4n) is 3.40. The minimum Gasteiger partial charge on any atom is -0.508 e. The summed E-state index contributed by atoms with van der Waals surface area (Å²) in [5.41, 5.74) is 2.80. The average molecular weight is 342 g/mol. The number of aromatic nitrogens is 2. The molecule has 7 nitrogen and oxygen atoms in total. The predicted octanol–water partition coefficient (Wildman–Crippen LogP) is 0.870. The number of ether oxygens (including phenoxy) is 1. The van der Waals surface area contributed by atoms with Crippen LogP contribution in [0.2, 0.25) is 0 Å². The molecule has 0 radical (unpaired) electrons. The topological polar surface area (TPSA) is 81.7 Å². The van der Waals surface area contributed by atoms with Gasteiger partial charge in [0.15, 0.2) is 0 Å². The minimum absolute atomic E-state index is 0.0178. The molecule has 0 unspecified atom stereocenters. The van der Waals surface area contributed by atoms with Gasteiger partial charge < -0.3 is 14.7 Å². The van der Waals surface area contributed by atoms with E-state index >= 15 is 0 Å². The molecule has 0 atom stereocenters. The maximum atomic E-state index is 12.4. The Morgan fingerprint density at radius 1 is 1.16 bits per heavy atom. The Kier molecular flexibility index (Phi) is 4.42. The van der Waals surface area contributed by atoms with Crippen LogP contribution in [0.5, 0.6) is 5.75 Å². The lowest BCUT2D eigenvalue weighted by atomic mass is 10.1. The molecular formula is C18H22N4O3. The van der Waals surface area contributed by atoms with Crippen molar-refractivity contribution in [2.24, 2.45) is 0 Å². The third-order valence-corrected chi connectivity index (χ3v) is 4.79. The summed E-state index contributed by atoms with van der Waals surface area (Å²) < 4.78 is 5.37. The SMILES string of the molecule is O=c1[nH]c(N2CCOCC2)nc2c1CCN(Cc1ccc(O)cc1)C2. The highest BCUT2D eigenvalue weighted by atomic mass is 16.5. The third kappa shape index (κ3) is 3.52. The maximum absolute atomic E-state index is 12.4. The van der Waals surface area contributed by atoms with Gasteiger partial charge in [-0.25, -0.2) is 4.98 Å². The Bertz CT molecular complexity index is 797. The van der Waals surface area contributed by atoms with E-state index in [2.05, 4.69) is 14.8 Å². The molecule has 1 aromatic carbocycles. The zero-order valence-electron chi connectivity index (χ0n) is 14.1. The number of anilines is 1. The van der Waals surface area contributed by atoms with Gasteiger partial charge in [-0.3, -0.25) is 14.7 Å². The summed E-state index contributed by atoms with van der Waals surface area (Å²) in [5.74, 6) is 0.926. The number of hydrogen-bond donors (Lipinski definition) is 2. The van der Waals surface area contributed by atoms with Crippen molar-refractivity contribution in [2.45, 2.75) is 19.5 Å². The van der Waals surface area contributed by atoms with Crippen molar-refractivity contribution in [3.63, 3.8) is 0 Å². The summed E-state index contributed by atoms with van der Waals surface area (Å²) in [6.07, 6.45) is 0.707. The van der Waals surface area contributed by atoms with Crippen molar-refractivity contribution in [1.82, 2.24) is 14.9 Å². The van der Waals surface area contributed by atoms with Crippen molar-refractivity contribution in [1.29, 1.82) is 0 Å². The number of morpholine rings is 1. The second-order valence-electron chi connectivity index (χ2n) is 6.54. The quantitative estimate of drug-likeness (QED) is 0.861. The molecule has 2 aromatic rings. The van der Waals surface area contributed by atoms with E-state index in [1.807, 2.05) is 12.1 Å². The van der Waals surface area contributed by atoms with Crippen molar-refractivity contribution in [3.05, 3.63) is 51.4 Å². The first-order valence-corrected chi connectivity index (χ1v) is 8.64. The van der Waals surface area contributed by atoms with Crippen molar-refractivity contribution in [2.75, 3.05) is 37.7 Å². The van der Waals surface area contributed by atoms with E-state index in [1.54, 1.807) is 12.1 Å². The van der Waals surface area contributed by atoms with Crippen LogP contribution in [0.1, 0.15) is 16.8 Å². The van der Waals surface area contributed by atoms with Crippen LogP contribution < -0.4 is 10.5 Å². The summed E-state index contributed by atoms with van der Waals surface area (Å²) in [6, 6.07) is 7.25. The molecule has 0 amide bonds. The van der Waals surface area contributed by atoms with Gasteiger partial charge in [0.05, 0.1) is 18.9 Å². The molecule has 1 fully saturated rings. The number of aromatic amines is 1. The van der Waals surface area contributed by atoms with E-state index in [-0.39, 0.29) is 11.3 Å². The number of hydrogen-bond acceptors (Lipinski definition) is 6. The van der Waals surface area contributed by atoms with Crippen LogP contribution in [0.4, 0.5) is 5.95 Å². The van der Waals surface area contributed by atoms with Gasteiger partial charge in [-0.2, -0.15) is 0 Å². The maximum Gasteiger partial charge on any atom is 0.255 e. The fourth-order valence-corrected chi connectivity index (χ4v) is 3.40. The number of aromatic hydroxyl groups is 1. The van der Waals surface area contributed by atoms with Crippen LogP contribution in [0.15, 0.2) is 29.1 Å². The first-order chi connectivity index (χ1) is 12.2. The minimum atomic E-state index is -0.0178. The number of phenolic OH excluding ortho intramolecular Hbond substituents is 1. The number of fused-ring (bicyclic) bond motifs is 1. The molecule has 4 rings (SSSR count). The van der Waals surface area contributed by atoms with Gasteiger partial charge in [0.1, 0.15) is 5.75 Å². The van der Waals surface area contributed by atoms with Crippen LogP contribution in [0, 0.1) is 0 Å². The highest BCUT2D eigenvalue weighted by Crippen LogP contribution is 2.19. The highest BCUT2D eigenvalue weighted by molar-refractivity contribution is 5.35. The molecule has 2 N–H and O–H groups in total. The number of benzene rings is 1. The average Bonchev–Trinajstić information content (AvgIpc) is 2.64. The number of H-pyrrole nitrogens is 1. The Morgan fingerprint density at radius 2 is 1.92 bits per heavy atom. The lowest BCUT2D eigenvalue weighted by Crippen LogP contribution is -2.40. The van der Waals surface area contributed by atoms with Gasteiger partial charge in [-0.1, -0.05) is 12.1 Å². The summed E-state index contributed by atoms with van der Waals surface area (Å²) in [5, 5.41) is 9.40. The molecule has 2 aliphatic rings. The lowest BCUT2D eigenvalue weighted by Gasteiger charge is -2.30. The Hall–Kier alpha value is -2.38. The molecule has 0 saturated carbocycles. The number of rotatable bonds is 3. The standard InChI is InChI=1S/C18H22N4O3/c23-14-3-1-13(2-4-14)11-21-6-5-15-16(12-21)19-18(20-17(15)24)22-7-9-25-10-8-22/h1-4,23H,5-12H2,(H,19,20,24). The smallest absolute Gasteiger partial charge is 0.255 e. The zero-order chi connectivity index (χ0) is 17.2. The van der Waals surface area contributed by atoms with E-state index < -0.39 is 0 Å². The molecule has 0 spiro atoms. The van der Waals surface area contributed by atoms with Crippen LogP contribution in [-0.4, -0.2) is 52.8 Å². The van der Waals surface area contributed by atoms with Gasteiger partial charge in [0.2, 0.25) is 5.95 Å². The Morgan fingerprint density at radius 3 is 2.68 bits per heavy atom. The zero-order valence-corrected chi connectivity index (χ0v) is 14.1. The number of phenols is 1. The van der Waals surface area contributed by atoms with Crippen LogP contribution >= 0.6 is 0 Å². The molecule has 3 heterocycles. The van der Waals surface area contributed by atoms with E-state index in [9.17, 15) is 9.90 Å². The fraction of sp³-hybridized carbons (Fsp3) is 0.444. The summed E-state index contributed by atoms with van der Waals surface area (Å²) in [6.45, 7) is 5.09. The predicted molar refractivity (Wildman–Crippen MR) is 93.8 cm³/mol. The summed E-state index contributed by atoms with van der Waals surface area (Å²) >= 11 is 0. The van der Waals surface area contributed by atoms with E-state index in [4.69, 9.17) is 9.72 Å². The molecule has 25 heavy (non-hydrogen) atoms. The molecule has 1 saturated heterocycles. The molecule has 2 aliphatic heterocycles. The Labute approximate surface area is 145 Å². The Balaban J connectivity index is 1.53. The largest absolute Gasteiger partial charge is 0.508 e. The van der Waals surface area contributed by atoms with Gasteiger partial charge in [0, 0.05) is 38.3 Å². The third-order valence-electron chi connectivity index (χ3n) is 4.79. The normalized spacial score (nSPS) is 18.2. The van der Waals surface area contributed by atoms with Crippen LogP contribution in [0.3, 0.4) is 0 Å². The molecular weight excluding hydrogens is 320 g/mol. The van der Waals surface area contributed by atoms with E-state index in [1.165, 1.54) is 0 Å². The molecule has 0 aliphatic carbocycles. The van der Waals surface area contributed by atoms with Crippen molar-refractivity contribution >= 4 is 5.95 Å². The monoisotopic (exact) mass is 342 g/mol. The molecule has 1 aromatic heterocycles. The molecule has 132 valence electrons. The van der Waals surface area contributed by atoms with Crippen molar-refractivity contribution < 1.29 is 9.84 Å². The second-order valence-corrected chi connectivity index (χ2v) is 6.54.